The average Bonchev–Trinajstić information content (AvgIpc) is 3.58. The Morgan fingerprint density at radius 1 is 1.10 bits per heavy atom. The molecule has 216 valence electrons. The monoisotopic (exact) mass is 576 g/mol. The maximum absolute atomic E-state index is 13.7. The van der Waals surface area contributed by atoms with Crippen LogP contribution in [0.3, 0.4) is 0 Å². The Morgan fingerprint density at radius 2 is 1.88 bits per heavy atom. The maximum atomic E-state index is 13.7. The van der Waals surface area contributed by atoms with Crippen LogP contribution in [-0.4, -0.2) is 65.7 Å². The third-order valence-corrected chi connectivity index (χ3v) is 7.30. The molecular weight excluding hydrogens is 550 g/mol. The standard InChI is InChI=1S/C27H26F2N10O3/c1-13-4-5-30-24(33-13)16-7-17(16)26(41)36-21-8-20(31-12-32-21)34-14(2)18-10-38-9-15(23(28)29)6-19(25(38)35-18)39-11-22(40)37(3)27(39)42/h4-6,8-10,12,14,16-17,23H,7,11H2,1-3H3,(H2,31,32,34,36,41)/t14-,16?,17?/m0/s1. The molecular formula is C27H26F2N10O3. The first-order valence-electron chi connectivity index (χ1n) is 13.2. The van der Waals surface area contributed by atoms with E-state index in [0.717, 1.165) is 15.5 Å². The second-order valence-corrected chi connectivity index (χ2v) is 10.3. The number of hydrogen-bond acceptors (Lipinski definition) is 9. The number of imide groups is 1. The summed E-state index contributed by atoms with van der Waals surface area (Å²) < 4.78 is 28.8. The van der Waals surface area contributed by atoms with E-state index in [9.17, 15) is 23.2 Å². The summed E-state index contributed by atoms with van der Waals surface area (Å²) in [5.74, 6) is 0.429. The van der Waals surface area contributed by atoms with Crippen molar-refractivity contribution in [2.75, 3.05) is 29.1 Å². The SMILES string of the molecule is Cc1ccnc(C2CC2C(=O)Nc2cc(N[C@@H](C)c3cn4cc(C(F)F)cc(N5CC(=O)N(C)C5=O)c4n3)ncn2)n1. The number of nitrogens with one attached hydrogen (secondary N) is 2. The summed E-state index contributed by atoms with van der Waals surface area (Å²) in [5.41, 5.74) is 1.34. The molecule has 2 N–H and O–H groups in total. The van der Waals surface area contributed by atoms with Crippen molar-refractivity contribution in [3.05, 3.63) is 65.9 Å². The largest absolute Gasteiger partial charge is 0.362 e. The van der Waals surface area contributed by atoms with E-state index in [-0.39, 0.29) is 41.2 Å². The molecule has 2 unspecified atom stereocenters. The zero-order chi connectivity index (χ0) is 29.7. The van der Waals surface area contributed by atoms with Crippen LogP contribution >= 0.6 is 0 Å². The predicted octanol–water partition coefficient (Wildman–Crippen LogP) is 3.47. The third-order valence-electron chi connectivity index (χ3n) is 7.30. The number of rotatable bonds is 8. The van der Waals surface area contributed by atoms with Crippen molar-refractivity contribution < 1.29 is 23.2 Å². The molecule has 0 spiro atoms. The number of urea groups is 1. The molecule has 4 amide bonds. The van der Waals surface area contributed by atoms with Gasteiger partial charge in [0.2, 0.25) is 11.8 Å². The molecule has 4 aromatic rings. The van der Waals surface area contributed by atoms with Gasteiger partial charge in [-0.25, -0.2) is 38.5 Å². The van der Waals surface area contributed by atoms with Gasteiger partial charge in [-0.05, 0) is 32.4 Å². The molecule has 0 bridgehead atoms. The predicted molar refractivity (Wildman–Crippen MR) is 146 cm³/mol. The van der Waals surface area contributed by atoms with E-state index >= 15 is 0 Å². The van der Waals surface area contributed by atoms with Gasteiger partial charge in [-0.3, -0.25) is 19.4 Å². The van der Waals surface area contributed by atoms with E-state index < -0.39 is 24.4 Å². The number of hydrogen-bond donors (Lipinski definition) is 2. The number of aryl methyl sites for hydroxylation is 1. The molecule has 4 aromatic heterocycles. The molecule has 42 heavy (non-hydrogen) atoms. The number of carbonyl (C=O) groups is 3. The van der Waals surface area contributed by atoms with Crippen LogP contribution in [0.2, 0.25) is 0 Å². The fraction of sp³-hybridized carbons (Fsp3) is 0.333. The van der Waals surface area contributed by atoms with Gasteiger partial charge in [-0.2, -0.15) is 0 Å². The van der Waals surface area contributed by atoms with Crippen molar-refractivity contribution in [3.8, 4) is 0 Å². The lowest BCUT2D eigenvalue weighted by molar-refractivity contribution is -0.124. The Morgan fingerprint density at radius 3 is 2.60 bits per heavy atom. The summed E-state index contributed by atoms with van der Waals surface area (Å²) in [6, 6.07) is 3.47. The minimum absolute atomic E-state index is 0.0377. The summed E-state index contributed by atoms with van der Waals surface area (Å²) in [4.78, 5) is 61.2. The van der Waals surface area contributed by atoms with Crippen molar-refractivity contribution in [3.63, 3.8) is 0 Å². The van der Waals surface area contributed by atoms with Gasteiger partial charge < -0.3 is 15.0 Å². The van der Waals surface area contributed by atoms with Crippen molar-refractivity contribution in [2.45, 2.75) is 38.7 Å². The number of imidazole rings is 1. The molecule has 5 heterocycles. The van der Waals surface area contributed by atoms with Crippen molar-refractivity contribution in [1.82, 2.24) is 34.2 Å². The lowest BCUT2D eigenvalue weighted by Gasteiger charge is -2.17. The maximum Gasteiger partial charge on any atom is 0.331 e. The average molecular weight is 577 g/mol. The quantitative estimate of drug-likeness (QED) is 0.301. The minimum Gasteiger partial charge on any atom is -0.362 e. The molecule has 15 heteroatoms. The number of fused-ring (bicyclic) bond motifs is 1. The Hall–Kier alpha value is -5.08. The second-order valence-electron chi connectivity index (χ2n) is 10.3. The Bertz CT molecular complexity index is 1730. The van der Waals surface area contributed by atoms with Crippen molar-refractivity contribution in [2.24, 2.45) is 5.92 Å². The fourth-order valence-electron chi connectivity index (χ4n) is 4.87. The molecule has 0 aromatic carbocycles. The first-order valence-corrected chi connectivity index (χ1v) is 13.2. The highest BCUT2D eigenvalue weighted by Gasteiger charge is 2.46. The number of pyridine rings is 1. The number of carbonyl (C=O) groups excluding carboxylic acids is 3. The van der Waals surface area contributed by atoms with Gasteiger partial charge in [0.15, 0.2) is 5.65 Å². The summed E-state index contributed by atoms with van der Waals surface area (Å²) in [7, 11) is 1.34. The van der Waals surface area contributed by atoms with Gasteiger partial charge in [0, 0.05) is 54.8 Å². The highest BCUT2D eigenvalue weighted by atomic mass is 19.3. The summed E-state index contributed by atoms with van der Waals surface area (Å²) >= 11 is 0. The molecule has 2 aliphatic rings. The molecule has 1 saturated heterocycles. The van der Waals surface area contributed by atoms with Gasteiger partial charge in [-0.15, -0.1) is 0 Å². The molecule has 13 nitrogen and oxygen atoms in total. The first kappa shape index (κ1) is 27.1. The highest BCUT2D eigenvalue weighted by molar-refractivity contribution is 6.13. The second kappa shape index (κ2) is 10.4. The summed E-state index contributed by atoms with van der Waals surface area (Å²) in [5, 5.41) is 5.99. The Balaban J connectivity index is 1.19. The Labute approximate surface area is 238 Å². The van der Waals surface area contributed by atoms with Gasteiger partial charge >= 0.3 is 6.03 Å². The molecule has 1 aliphatic heterocycles. The normalized spacial score (nSPS) is 19.1. The van der Waals surface area contributed by atoms with E-state index in [1.165, 1.54) is 30.0 Å². The lowest BCUT2D eigenvalue weighted by atomic mass is 10.2. The van der Waals surface area contributed by atoms with Crippen LogP contribution in [0.4, 0.5) is 30.9 Å². The third kappa shape index (κ3) is 5.08. The number of anilines is 3. The number of likely N-dealkylation sites (N-methyl/N-ethyl adjacent to an activating group) is 1. The van der Waals surface area contributed by atoms with Crippen molar-refractivity contribution in [1.29, 1.82) is 0 Å². The zero-order valence-electron chi connectivity index (χ0n) is 22.8. The summed E-state index contributed by atoms with van der Waals surface area (Å²) in [6.07, 6.45) is 3.65. The molecule has 2 fully saturated rings. The first-order chi connectivity index (χ1) is 20.1. The van der Waals surface area contributed by atoms with Crippen LogP contribution in [0.15, 0.2) is 43.1 Å². The topological polar surface area (TPSA) is 151 Å². The van der Waals surface area contributed by atoms with E-state index in [0.29, 0.717) is 29.6 Å². The van der Waals surface area contributed by atoms with E-state index in [2.05, 4.69) is 35.6 Å². The molecule has 0 radical (unpaired) electrons. The molecule has 6 rings (SSSR count). The van der Waals surface area contributed by atoms with Crippen LogP contribution in [0.5, 0.6) is 0 Å². The lowest BCUT2D eigenvalue weighted by Crippen LogP contribution is -2.30. The number of nitrogens with zero attached hydrogens (tertiary/aromatic N) is 8. The zero-order valence-corrected chi connectivity index (χ0v) is 22.8. The van der Waals surface area contributed by atoms with Crippen LogP contribution in [0.1, 0.15) is 54.5 Å². The van der Waals surface area contributed by atoms with Crippen LogP contribution in [0.25, 0.3) is 5.65 Å². The molecule has 3 atom stereocenters. The minimum atomic E-state index is -2.80. The molecule has 1 saturated carbocycles. The number of halogens is 2. The van der Waals surface area contributed by atoms with Gasteiger partial charge in [0.25, 0.3) is 6.43 Å². The van der Waals surface area contributed by atoms with E-state index in [1.54, 1.807) is 31.5 Å². The summed E-state index contributed by atoms with van der Waals surface area (Å²) in [6.45, 7) is 3.40. The number of aromatic nitrogens is 6. The van der Waals surface area contributed by atoms with Gasteiger partial charge in [-0.1, -0.05) is 0 Å². The molecule has 1 aliphatic carbocycles. The van der Waals surface area contributed by atoms with Gasteiger partial charge in [0.05, 0.1) is 17.4 Å². The van der Waals surface area contributed by atoms with Gasteiger partial charge in [0.1, 0.15) is 30.3 Å². The van der Waals surface area contributed by atoms with E-state index in [1.807, 2.05) is 6.92 Å². The highest BCUT2D eigenvalue weighted by Crippen LogP contribution is 2.46. The number of alkyl halides is 2. The van der Waals surface area contributed by atoms with Crippen molar-refractivity contribution >= 4 is 40.8 Å². The van der Waals surface area contributed by atoms with Crippen LogP contribution < -0.4 is 15.5 Å². The van der Waals surface area contributed by atoms with Crippen LogP contribution in [0, 0.1) is 12.8 Å². The fourth-order valence-corrected chi connectivity index (χ4v) is 4.87. The Kier molecular flexibility index (Phi) is 6.71. The van der Waals surface area contributed by atoms with Crippen LogP contribution in [-0.2, 0) is 9.59 Å². The van der Waals surface area contributed by atoms with E-state index in [4.69, 9.17) is 0 Å². The number of amides is 4. The smallest absolute Gasteiger partial charge is 0.331 e.